The van der Waals surface area contributed by atoms with Gasteiger partial charge in [-0.2, -0.15) is 0 Å². The highest BCUT2D eigenvalue weighted by Crippen LogP contribution is 2.14. The van der Waals surface area contributed by atoms with E-state index in [-0.39, 0.29) is 18.6 Å². The number of carboxylic acids is 1. The van der Waals surface area contributed by atoms with Crippen molar-refractivity contribution >= 4 is 11.9 Å². The third-order valence-electron chi connectivity index (χ3n) is 4.73. The predicted octanol–water partition coefficient (Wildman–Crippen LogP) is 1.56. The second-order valence-electron chi connectivity index (χ2n) is 6.91. The molecule has 0 spiro atoms. The first-order chi connectivity index (χ1) is 14.0. The first kappa shape index (κ1) is 20.8. The molecule has 2 heterocycles. The summed E-state index contributed by atoms with van der Waals surface area (Å²) in [6.07, 6.45) is 3.38. The van der Waals surface area contributed by atoms with Crippen LogP contribution in [-0.2, 0) is 16.1 Å². The molecular weight excluding hydrogens is 374 g/mol. The molecule has 0 bridgehead atoms. The number of hydrogen-bond donors (Lipinski definition) is 2. The van der Waals surface area contributed by atoms with Crippen molar-refractivity contribution in [1.29, 1.82) is 0 Å². The van der Waals surface area contributed by atoms with E-state index in [1.807, 2.05) is 24.0 Å². The van der Waals surface area contributed by atoms with Crippen LogP contribution in [0.25, 0.3) is 0 Å². The van der Waals surface area contributed by atoms with Gasteiger partial charge < -0.3 is 19.9 Å². The summed E-state index contributed by atoms with van der Waals surface area (Å²) in [6.45, 7) is 3.88. The van der Waals surface area contributed by atoms with Crippen molar-refractivity contribution in [2.45, 2.75) is 25.7 Å². The molecule has 1 aromatic heterocycles. The summed E-state index contributed by atoms with van der Waals surface area (Å²) in [4.78, 5) is 29.8. The number of aliphatic carboxylic acids is 1. The zero-order valence-electron chi connectivity index (χ0n) is 16.3. The van der Waals surface area contributed by atoms with Gasteiger partial charge in [0.1, 0.15) is 18.4 Å². The van der Waals surface area contributed by atoms with Crippen molar-refractivity contribution in [2.24, 2.45) is 0 Å². The van der Waals surface area contributed by atoms with Crippen LogP contribution in [0.1, 0.15) is 22.8 Å². The normalized spacial score (nSPS) is 18.0. The molecule has 1 aliphatic heterocycles. The van der Waals surface area contributed by atoms with E-state index in [4.69, 9.17) is 9.47 Å². The number of carbonyl (C=O) groups is 2. The van der Waals surface area contributed by atoms with E-state index in [9.17, 15) is 14.7 Å². The number of nitrogens with zero attached hydrogens (tertiary/aromatic N) is 2. The summed E-state index contributed by atoms with van der Waals surface area (Å²) in [6, 6.07) is 9.70. The molecule has 2 unspecified atom stereocenters. The molecule has 1 saturated heterocycles. The lowest BCUT2D eigenvalue weighted by Gasteiger charge is -2.35. The largest absolute Gasteiger partial charge is 0.489 e. The van der Waals surface area contributed by atoms with Crippen LogP contribution >= 0.6 is 0 Å². The number of nitrogens with one attached hydrogen (secondary N) is 1. The predicted molar refractivity (Wildman–Crippen MR) is 106 cm³/mol. The molecule has 0 aliphatic carbocycles. The summed E-state index contributed by atoms with van der Waals surface area (Å²) >= 11 is 0. The maximum atomic E-state index is 12.4. The highest BCUT2D eigenvalue weighted by Gasteiger charge is 2.29. The average molecular weight is 399 g/mol. The minimum Gasteiger partial charge on any atom is -0.489 e. The van der Waals surface area contributed by atoms with Gasteiger partial charge >= 0.3 is 5.97 Å². The van der Waals surface area contributed by atoms with Crippen molar-refractivity contribution < 1.29 is 24.2 Å². The van der Waals surface area contributed by atoms with E-state index in [2.05, 4.69) is 10.3 Å². The summed E-state index contributed by atoms with van der Waals surface area (Å²) in [5.74, 6) is -0.637. The molecule has 3 rings (SSSR count). The fourth-order valence-corrected chi connectivity index (χ4v) is 3.14. The molecule has 0 radical (unpaired) electrons. The Bertz CT molecular complexity index is 813. The molecular formula is C21H25N3O5. The smallest absolute Gasteiger partial charge is 0.322 e. The van der Waals surface area contributed by atoms with Crippen molar-refractivity contribution in [3.63, 3.8) is 0 Å². The zero-order chi connectivity index (χ0) is 20.6. The van der Waals surface area contributed by atoms with Crippen molar-refractivity contribution in [3.8, 4) is 5.75 Å². The number of hydrogen-bond acceptors (Lipinski definition) is 6. The Labute approximate surface area is 169 Å². The van der Waals surface area contributed by atoms with Gasteiger partial charge in [-0.05, 0) is 48.9 Å². The summed E-state index contributed by atoms with van der Waals surface area (Å²) in [7, 11) is 0. The lowest BCUT2D eigenvalue weighted by atomic mass is 10.1. The number of morpholine rings is 1. The Kier molecular flexibility index (Phi) is 7.15. The molecule has 154 valence electrons. The molecule has 8 nitrogen and oxygen atoms in total. The first-order valence-electron chi connectivity index (χ1n) is 9.51. The van der Waals surface area contributed by atoms with Gasteiger partial charge in [0.05, 0.1) is 12.7 Å². The van der Waals surface area contributed by atoms with Crippen LogP contribution in [0, 0.1) is 0 Å². The Hall–Kier alpha value is -2.97. The minimum atomic E-state index is -0.959. The summed E-state index contributed by atoms with van der Waals surface area (Å²) in [5, 5.41) is 12.3. The van der Waals surface area contributed by atoms with Gasteiger partial charge in [0.2, 0.25) is 0 Å². The topological polar surface area (TPSA) is 101 Å². The standard InChI is InChI=1S/C21H25N3O5/c1-15-13-24(10-11-28-15)19(21(26)27)12-23-20(25)17-2-4-18(5-3-17)29-14-16-6-8-22-9-7-16/h2-9,15,19H,10-14H2,1H3,(H,23,25)(H,26,27). The third-order valence-corrected chi connectivity index (χ3v) is 4.73. The number of carboxylic acid groups (broad SMARTS) is 1. The van der Waals surface area contributed by atoms with Crippen LogP contribution in [0.4, 0.5) is 0 Å². The summed E-state index contributed by atoms with van der Waals surface area (Å²) < 4.78 is 11.1. The van der Waals surface area contributed by atoms with Crippen LogP contribution in [-0.4, -0.2) is 65.3 Å². The lowest BCUT2D eigenvalue weighted by Crippen LogP contribution is -2.54. The summed E-state index contributed by atoms with van der Waals surface area (Å²) in [5.41, 5.74) is 1.44. The number of aromatic nitrogens is 1. The Morgan fingerprint density at radius 2 is 2.00 bits per heavy atom. The van der Waals surface area contributed by atoms with E-state index in [0.29, 0.717) is 37.6 Å². The van der Waals surface area contributed by atoms with Gasteiger partial charge in [-0.25, -0.2) is 0 Å². The number of ether oxygens (including phenoxy) is 2. The molecule has 1 fully saturated rings. The van der Waals surface area contributed by atoms with Crippen molar-refractivity contribution in [3.05, 3.63) is 59.9 Å². The number of pyridine rings is 1. The second kappa shape index (κ2) is 9.99. The van der Waals surface area contributed by atoms with Gasteiger partial charge in [0.25, 0.3) is 5.91 Å². The fraction of sp³-hybridized carbons (Fsp3) is 0.381. The van der Waals surface area contributed by atoms with Gasteiger partial charge in [-0.3, -0.25) is 19.5 Å². The van der Waals surface area contributed by atoms with Gasteiger partial charge in [0, 0.05) is 37.6 Å². The quantitative estimate of drug-likeness (QED) is 0.695. The highest BCUT2D eigenvalue weighted by molar-refractivity contribution is 5.94. The molecule has 1 aromatic carbocycles. The van der Waals surface area contributed by atoms with Crippen LogP contribution in [0.3, 0.4) is 0 Å². The van der Waals surface area contributed by atoms with E-state index in [1.165, 1.54) is 0 Å². The maximum absolute atomic E-state index is 12.4. The van der Waals surface area contributed by atoms with Crippen LogP contribution in [0.2, 0.25) is 0 Å². The Morgan fingerprint density at radius 3 is 2.66 bits per heavy atom. The van der Waals surface area contributed by atoms with Crippen LogP contribution in [0.15, 0.2) is 48.8 Å². The van der Waals surface area contributed by atoms with E-state index in [1.54, 1.807) is 36.7 Å². The van der Waals surface area contributed by atoms with Crippen molar-refractivity contribution in [2.75, 3.05) is 26.2 Å². The SMILES string of the molecule is CC1CN(C(CNC(=O)c2ccc(OCc3ccncc3)cc2)C(=O)O)CCO1. The number of carbonyl (C=O) groups excluding carboxylic acids is 1. The van der Waals surface area contributed by atoms with Gasteiger partial charge in [-0.15, -0.1) is 0 Å². The van der Waals surface area contributed by atoms with E-state index in [0.717, 1.165) is 5.56 Å². The number of amides is 1. The maximum Gasteiger partial charge on any atom is 0.322 e. The molecule has 8 heteroatoms. The fourth-order valence-electron chi connectivity index (χ4n) is 3.14. The lowest BCUT2D eigenvalue weighted by molar-refractivity contribution is -0.146. The first-order valence-corrected chi connectivity index (χ1v) is 9.51. The molecule has 2 atom stereocenters. The Morgan fingerprint density at radius 1 is 1.28 bits per heavy atom. The zero-order valence-corrected chi connectivity index (χ0v) is 16.3. The minimum absolute atomic E-state index is 0.0269. The molecule has 0 saturated carbocycles. The van der Waals surface area contributed by atoms with E-state index < -0.39 is 12.0 Å². The monoisotopic (exact) mass is 399 g/mol. The molecule has 29 heavy (non-hydrogen) atoms. The van der Waals surface area contributed by atoms with Crippen LogP contribution in [0.5, 0.6) is 5.75 Å². The van der Waals surface area contributed by atoms with Crippen molar-refractivity contribution in [1.82, 2.24) is 15.2 Å². The van der Waals surface area contributed by atoms with Crippen LogP contribution < -0.4 is 10.1 Å². The average Bonchev–Trinajstić information content (AvgIpc) is 2.73. The van der Waals surface area contributed by atoms with Gasteiger partial charge in [-0.1, -0.05) is 0 Å². The highest BCUT2D eigenvalue weighted by atomic mass is 16.5. The van der Waals surface area contributed by atoms with Gasteiger partial charge in [0.15, 0.2) is 0 Å². The van der Waals surface area contributed by atoms with E-state index >= 15 is 0 Å². The number of benzene rings is 1. The molecule has 1 amide bonds. The molecule has 2 aromatic rings. The Balaban J connectivity index is 1.52. The molecule has 2 N–H and O–H groups in total. The molecule has 1 aliphatic rings. The number of rotatable bonds is 8. The second-order valence-corrected chi connectivity index (χ2v) is 6.91. The third kappa shape index (κ3) is 6.00.